The summed E-state index contributed by atoms with van der Waals surface area (Å²) in [5.41, 5.74) is 3.16. The van der Waals surface area contributed by atoms with Crippen molar-refractivity contribution in [1.82, 2.24) is 10.2 Å². The van der Waals surface area contributed by atoms with Gasteiger partial charge in [-0.1, -0.05) is 61.9 Å². The predicted molar refractivity (Wildman–Crippen MR) is 130 cm³/mol. The maximum atomic E-state index is 13.5. The molecule has 8 nitrogen and oxygen atoms in total. The summed E-state index contributed by atoms with van der Waals surface area (Å²) in [6, 6.07) is 15.1. The first-order valence-corrected chi connectivity index (χ1v) is 12.0. The summed E-state index contributed by atoms with van der Waals surface area (Å²) in [7, 11) is 1.50. The van der Waals surface area contributed by atoms with E-state index < -0.39 is 29.6 Å². The molecule has 2 amide bonds. The van der Waals surface area contributed by atoms with Crippen LogP contribution < -0.4 is 5.32 Å². The van der Waals surface area contributed by atoms with Gasteiger partial charge in [-0.05, 0) is 35.6 Å². The van der Waals surface area contributed by atoms with Crippen molar-refractivity contribution in [3.63, 3.8) is 0 Å². The minimum Gasteiger partial charge on any atom is -0.480 e. The molecule has 1 aliphatic heterocycles. The van der Waals surface area contributed by atoms with Crippen molar-refractivity contribution in [3.05, 3.63) is 59.7 Å². The molecule has 0 bridgehead atoms. The number of hydrogen-bond acceptors (Lipinski definition) is 5. The number of carbonyl (C=O) groups excluding carboxylic acids is 2. The highest BCUT2D eigenvalue weighted by Crippen LogP contribution is 2.44. The van der Waals surface area contributed by atoms with Crippen LogP contribution in [0, 0.1) is 0 Å². The summed E-state index contributed by atoms with van der Waals surface area (Å²) in [4.78, 5) is 39.5. The zero-order valence-electron chi connectivity index (χ0n) is 20.3. The Balaban J connectivity index is 1.48. The fraction of sp³-hybridized carbons (Fsp3) is 0.444. The molecule has 3 unspecified atom stereocenters. The predicted octanol–water partition coefficient (Wildman–Crippen LogP) is 3.78. The number of fused-ring (bicyclic) bond motifs is 3. The Kier molecular flexibility index (Phi) is 7.12. The maximum absolute atomic E-state index is 13.5. The summed E-state index contributed by atoms with van der Waals surface area (Å²) in [5.74, 6) is -1.63. The molecular weight excluding hydrogens is 448 g/mol. The van der Waals surface area contributed by atoms with Crippen molar-refractivity contribution in [2.75, 3.05) is 20.3 Å². The van der Waals surface area contributed by atoms with Crippen LogP contribution in [0.25, 0.3) is 11.1 Å². The molecule has 2 aliphatic rings. The van der Waals surface area contributed by atoms with E-state index in [1.807, 2.05) is 43.3 Å². The number of methoxy groups -OCH3 is 1. The lowest BCUT2D eigenvalue weighted by Crippen LogP contribution is -2.59. The number of nitrogens with zero attached hydrogens (tertiary/aromatic N) is 1. The normalized spacial score (nSPS) is 20.6. The summed E-state index contributed by atoms with van der Waals surface area (Å²) in [6.45, 7) is 3.82. The molecule has 3 atom stereocenters. The summed E-state index contributed by atoms with van der Waals surface area (Å²) < 4.78 is 11.0. The Morgan fingerprint density at radius 2 is 1.69 bits per heavy atom. The highest BCUT2D eigenvalue weighted by molar-refractivity contribution is 5.93. The third kappa shape index (κ3) is 4.75. The van der Waals surface area contributed by atoms with Gasteiger partial charge in [0, 0.05) is 26.0 Å². The summed E-state index contributed by atoms with van der Waals surface area (Å²) in [5, 5.41) is 12.4. The maximum Gasteiger partial charge on any atom is 0.408 e. The molecule has 186 valence electrons. The van der Waals surface area contributed by atoms with E-state index in [2.05, 4.69) is 17.4 Å². The first-order valence-electron chi connectivity index (χ1n) is 12.0. The molecule has 2 aromatic rings. The highest BCUT2D eigenvalue weighted by Gasteiger charge is 2.47. The number of hydrogen-bond donors (Lipinski definition) is 2. The zero-order chi connectivity index (χ0) is 25.2. The number of aliphatic carboxylic acids is 1. The number of benzene rings is 2. The van der Waals surface area contributed by atoms with Crippen LogP contribution in [0.4, 0.5) is 4.79 Å². The Morgan fingerprint density at radius 1 is 1.09 bits per heavy atom. The SMILES string of the molecule is CCCC(C)(NC(=O)OCC1c2ccccc2-c2ccccc21)C(=O)N1CC(OC)CC1C(=O)O. The quantitative estimate of drug-likeness (QED) is 0.596. The van der Waals surface area contributed by atoms with E-state index in [0.29, 0.717) is 12.8 Å². The minimum absolute atomic E-state index is 0.0984. The standard InChI is InChI=1S/C27H32N2O6/c1-4-13-27(2,25(32)29-15-17(34-3)14-23(29)24(30)31)28-26(33)35-16-22-20-11-7-5-9-18(20)19-10-6-8-12-21(19)22/h5-12,17,22-23H,4,13-16H2,1-3H3,(H,28,33)(H,30,31). The van der Waals surface area contributed by atoms with Gasteiger partial charge in [0.25, 0.3) is 0 Å². The van der Waals surface area contributed by atoms with Crippen molar-refractivity contribution in [1.29, 1.82) is 0 Å². The number of rotatable bonds is 8. The number of ether oxygens (including phenoxy) is 2. The number of carbonyl (C=O) groups is 3. The molecule has 0 radical (unpaired) electrons. The van der Waals surface area contributed by atoms with Gasteiger partial charge in [-0.25, -0.2) is 9.59 Å². The number of likely N-dealkylation sites (tertiary alicyclic amines) is 1. The van der Waals surface area contributed by atoms with Crippen LogP contribution in [0.2, 0.25) is 0 Å². The molecule has 35 heavy (non-hydrogen) atoms. The second kappa shape index (κ2) is 10.1. The fourth-order valence-electron chi connectivity index (χ4n) is 5.33. The third-order valence-corrected chi connectivity index (χ3v) is 7.09. The molecule has 0 spiro atoms. The molecule has 1 saturated heterocycles. The Bertz CT molecular complexity index is 1070. The van der Waals surface area contributed by atoms with Crippen LogP contribution in [-0.4, -0.2) is 65.9 Å². The van der Waals surface area contributed by atoms with Gasteiger partial charge in [-0.15, -0.1) is 0 Å². The molecule has 0 saturated carbocycles. The van der Waals surface area contributed by atoms with Crippen LogP contribution in [0.3, 0.4) is 0 Å². The first-order chi connectivity index (χ1) is 16.8. The van der Waals surface area contributed by atoms with E-state index in [1.54, 1.807) is 6.92 Å². The largest absolute Gasteiger partial charge is 0.480 e. The van der Waals surface area contributed by atoms with Crippen molar-refractivity contribution >= 4 is 18.0 Å². The summed E-state index contributed by atoms with van der Waals surface area (Å²) in [6.07, 6.45) is 0.109. The van der Waals surface area contributed by atoms with E-state index in [4.69, 9.17) is 9.47 Å². The first kappa shape index (κ1) is 24.7. The van der Waals surface area contributed by atoms with Gasteiger partial charge < -0.3 is 24.8 Å². The van der Waals surface area contributed by atoms with Crippen molar-refractivity contribution < 1.29 is 29.0 Å². The molecule has 8 heteroatoms. The second-order valence-electron chi connectivity index (χ2n) is 9.44. The van der Waals surface area contributed by atoms with Crippen molar-refractivity contribution in [3.8, 4) is 11.1 Å². The minimum atomic E-state index is -1.30. The molecule has 1 fully saturated rings. The number of alkyl carbamates (subject to hydrolysis) is 1. The van der Waals surface area contributed by atoms with Gasteiger partial charge in [0.15, 0.2) is 0 Å². The van der Waals surface area contributed by atoms with Crippen LogP contribution in [-0.2, 0) is 19.1 Å². The van der Waals surface area contributed by atoms with Crippen molar-refractivity contribution in [2.45, 2.75) is 56.7 Å². The third-order valence-electron chi connectivity index (χ3n) is 7.09. The van der Waals surface area contributed by atoms with E-state index >= 15 is 0 Å². The second-order valence-corrected chi connectivity index (χ2v) is 9.44. The van der Waals surface area contributed by atoms with Crippen molar-refractivity contribution in [2.24, 2.45) is 0 Å². The van der Waals surface area contributed by atoms with Gasteiger partial charge in [-0.3, -0.25) is 4.79 Å². The van der Waals surface area contributed by atoms with Gasteiger partial charge in [-0.2, -0.15) is 0 Å². The van der Waals surface area contributed by atoms with E-state index in [9.17, 15) is 19.5 Å². The molecular formula is C27H32N2O6. The number of amides is 2. The van der Waals surface area contributed by atoms with Crippen LogP contribution in [0.15, 0.2) is 48.5 Å². The average Bonchev–Trinajstić information content (AvgIpc) is 3.42. The topological polar surface area (TPSA) is 105 Å². The molecule has 2 N–H and O–H groups in total. The van der Waals surface area contributed by atoms with Crippen LogP contribution in [0.5, 0.6) is 0 Å². The molecule has 2 aromatic carbocycles. The van der Waals surface area contributed by atoms with Gasteiger partial charge in [0.05, 0.1) is 6.10 Å². The molecule has 4 rings (SSSR count). The smallest absolute Gasteiger partial charge is 0.408 e. The van der Waals surface area contributed by atoms with Gasteiger partial charge >= 0.3 is 12.1 Å². The molecule has 1 aliphatic carbocycles. The number of carboxylic acids is 1. The Labute approximate surface area is 205 Å². The molecule has 1 heterocycles. The fourth-order valence-corrected chi connectivity index (χ4v) is 5.33. The Morgan fingerprint density at radius 3 is 2.23 bits per heavy atom. The lowest BCUT2D eigenvalue weighted by Gasteiger charge is -2.34. The number of nitrogens with one attached hydrogen (secondary N) is 1. The van der Waals surface area contributed by atoms with Gasteiger partial charge in [0.2, 0.25) is 5.91 Å². The van der Waals surface area contributed by atoms with Crippen LogP contribution in [0.1, 0.15) is 50.2 Å². The summed E-state index contributed by atoms with van der Waals surface area (Å²) >= 11 is 0. The monoisotopic (exact) mass is 480 g/mol. The van der Waals surface area contributed by atoms with Gasteiger partial charge in [0.1, 0.15) is 18.2 Å². The zero-order valence-corrected chi connectivity index (χ0v) is 20.3. The highest BCUT2D eigenvalue weighted by atomic mass is 16.5. The molecule has 0 aromatic heterocycles. The van der Waals surface area contributed by atoms with E-state index in [0.717, 1.165) is 22.3 Å². The average molecular weight is 481 g/mol. The lowest BCUT2D eigenvalue weighted by molar-refractivity contribution is -0.150. The van der Waals surface area contributed by atoms with Crippen LogP contribution >= 0.6 is 0 Å². The number of carboxylic acid groups (broad SMARTS) is 1. The Hall–Kier alpha value is -3.39. The van der Waals surface area contributed by atoms with E-state index in [1.165, 1.54) is 12.0 Å². The lowest BCUT2D eigenvalue weighted by atomic mass is 9.94. The van der Waals surface area contributed by atoms with E-state index in [-0.39, 0.29) is 31.6 Å².